The molecule has 0 aromatic carbocycles. The summed E-state index contributed by atoms with van der Waals surface area (Å²) in [5.74, 6) is -7.63. The lowest BCUT2D eigenvalue weighted by Crippen LogP contribution is -2.38. The highest BCUT2D eigenvalue weighted by Crippen LogP contribution is 2.48. The number of carbonyl (C=O) groups is 10. The maximum atomic E-state index is 11.5. The van der Waals surface area contributed by atoms with Crippen LogP contribution in [0.2, 0.25) is 0 Å². The van der Waals surface area contributed by atoms with Gasteiger partial charge in [0.25, 0.3) is 0 Å². The Morgan fingerprint density at radius 3 is 1.46 bits per heavy atom. The van der Waals surface area contributed by atoms with E-state index in [1.807, 2.05) is 12.2 Å². The van der Waals surface area contributed by atoms with Gasteiger partial charge in [0.2, 0.25) is 29.5 Å². The molecule has 0 aromatic heterocycles. The molecule has 2 aliphatic rings. The number of likely N-dealkylation sites (N-methyl/N-ethyl adjacent to an activating group) is 4. The molecule has 2 bridgehead atoms. The molecular formula is C34H49N5O15. The zero-order chi connectivity index (χ0) is 42.9. The topological polar surface area (TPSA) is 332 Å². The minimum Gasteiger partial charge on any atom is -0.481 e. The summed E-state index contributed by atoms with van der Waals surface area (Å²) in [6, 6.07) is 0. The number of hydrogen-bond acceptors (Lipinski definition) is 10. The molecule has 0 saturated heterocycles. The number of carboxylic acids is 5. The number of fused-ring (bicyclic) bond motifs is 2. The predicted octanol–water partition coefficient (Wildman–Crippen LogP) is -0.691. The fourth-order valence-electron chi connectivity index (χ4n) is 4.32. The molecule has 2 rings (SSSR count). The minimum absolute atomic E-state index is 0.0554. The third-order valence-electron chi connectivity index (χ3n) is 7.21. The number of aliphatic carboxylic acids is 5. The van der Waals surface area contributed by atoms with E-state index in [1.54, 1.807) is 7.05 Å². The molecule has 4 unspecified atom stereocenters. The molecule has 0 aromatic rings. The molecule has 0 heterocycles. The zero-order valence-electron chi connectivity index (χ0n) is 31.1. The van der Waals surface area contributed by atoms with Crippen molar-refractivity contribution < 1.29 is 73.5 Å². The Kier molecular flexibility index (Phi) is 26.0. The lowest BCUT2D eigenvalue weighted by molar-refractivity contribution is -0.147. The standard InChI is InChI=1S/C10H13NO3.C7H11NO3.2C6H9NO3.C5H7NO3/c1-11-9(12)7-5-2-3-6(4-5)8(7)10(13)14;1-4(6(9)8-3)5(2)7(10)11;2*1-4(3-5(8)9)6(10)7-2;1-6-4(7)2-3-5(8)9/h2-3,5-8H,4H2,1H3,(H,11,12)(H,13,14);1-3H3,(H,8,9)(H,10,11);3H,1-2H3,(H,7,10)(H,8,9);1,3H2,2H3,(H,7,10)(H,8,9);2-3H,1H3,(H,6,7)(H,8,9)/b;5-4-;4-3-;;3-2-. The summed E-state index contributed by atoms with van der Waals surface area (Å²) in [7, 11) is 7.31. The highest BCUT2D eigenvalue weighted by Gasteiger charge is 2.51. The van der Waals surface area contributed by atoms with Gasteiger partial charge in [0, 0.05) is 75.8 Å². The van der Waals surface area contributed by atoms with Crippen LogP contribution in [0.5, 0.6) is 0 Å². The first kappa shape index (κ1) is 51.8. The van der Waals surface area contributed by atoms with E-state index < -0.39 is 47.6 Å². The molecule has 300 valence electrons. The van der Waals surface area contributed by atoms with Crippen LogP contribution >= 0.6 is 0 Å². The Bertz CT molecular complexity index is 1560. The Morgan fingerprint density at radius 2 is 1.11 bits per heavy atom. The van der Waals surface area contributed by atoms with Gasteiger partial charge >= 0.3 is 29.8 Å². The fraction of sp³-hybridized carbons (Fsp3) is 0.412. The van der Waals surface area contributed by atoms with E-state index in [0.29, 0.717) is 0 Å². The third-order valence-corrected chi connectivity index (χ3v) is 7.21. The van der Waals surface area contributed by atoms with Gasteiger partial charge in [-0.15, -0.1) is 0 Å². The molecule has 20 heteroatoms. The molecule has 4 atom stereocenters. The number of carboxylic acid groups (broad SMARTS) is 5. The van der Waals surface area contributed by atoms with Gasteiger partial charge < -0.3 is 52.1 Å². The number of carbonyl (C=O) groups excluding carboxylic acids is 5. The summed E-state index contributed by atoms with van der Waals surface area (Å²) in [5, 5.41) is 53.5. The fourth-order valence-corrected chi connectivity index (χ4v) is 4.32. The molecule has 10 N–H and O–H groups in total. The molecule has 0 radical (unpaired) electrons. The van der Waals surface area contributed by atoms with Crippen molar-refractivity contribution in [3.63, 3.8) is 0 Å². The SMILES string of the molecule is C=C(CC(=O)O)C(=O)NC.CNC(=O)/C(C)=C(/C)C(=O)O.CNC(=O)/C(C)=C\C(=O)O.CNC(=O)/C=C\C(=O)O.CNC(=O)C1C2C=CC(C2)C1C(=O)O. The van der Waals surface area contributed by atoms with Crippen molar-refractivity contribution >= 4 is 59.4 Å². The van der Waals surface area contributed by atoms with E-state index in [-0.39, 0.29) is 64.2 Å². The second kappa shape index (κ2) is 27.1. The quantitative estimate of drug-likeness (QED) is 0.0919. The van der Waals surface area contributed by atoms with Crippen molar-refractivity contribution in [2.75, 3.05) is 35.2 Å². The number of hydrogen-bond donors (Lipinski definition) is 10. The lowest BCUT2D eigenvalue weighted by atomic mass is 9.82. The Hall–Kier alpha value is -6.60. The van der Waals surface area contributed by atoms with Crippen molar-refractivity contribution in [2.45, 2.75) is 33.6 Å². The molecule has 20 nitrogen and oxygen atoms in total. The zero-order valence-corrected chi connectivity index (χ0v) is 31.1. The average Bonchev–Trinajstić information content (AvgIpc) is 3.74. The molecule has 5 amide bonds. The van der Waals surface area contributed by atoms with E-state index in [2.05, 4.69) is 33.2 Å². The number of rotatable bonds is 11. The monoisotopic (exact) mass is 767 g/mol. The molecule has 0 aliphatic heterocycles. The first-order valence-electron chi connectivity index (χ1n) is 15.6. The van der Waals surface area contributed by atoms with Crippen molar-refractivity contribution in [2.24, 2.45) is 23.7 Å². The van der Waals surface area contributed by atoms with Crippen LogP contribution in [0.25, 0.3) is 0 Å². The van der Waals surface area contributed by atoms with Crippen molar-refractivity contribution in [1.82, 2.24) is 26.6 Å². The van der Waals surface area contributed by atoms with Crippen LogP contribution in [0, 0.1) is 23.7 Å². The first-order chi connectivity index (χ1) is 25.0. The molecule has 1 saturated carbocycles. The molecular weight excluding hydrogens is 718 g/mol. The number of allylic oxidation sites excluding steroid dienone is 2. The molecule has 2 aliphatic carbocycles. The lowest BCUT2D eigenvalue weighted by Gasteiger charge is -2.22. The van der Waals surface area contributed by atoms with Crippen molar-refractivity contribution in [3.05, 3.63) is 59.3 Å². The molecule has 1 fully saturated rings. The Labute approximate surface area is 311 Å². The molecule has 54 heavy (non-hydrogen) atoms. The van der Waals surface area contributed by atoms with Crippen LogP contribution in [0.1, 0.15) is 33.6 Å². The van der Waals surface area contributed by atoms with E-state index in [4.69, 9.17) is 25.5 Å². The summed E-state index contributed by atoms with van der Waals surface area (Å²) in [5.41, 5.74) is 0.564. The van der Waals surface area contributed by atoms with Gasteiger partial charge in [0.15, 0.2) is 0 Å². The maximum Gasteiger partial charge on any atom is 0.331 e. The van der Waals surface area contributed by atoms with E-state index >= 15 is 0 Å². The van der Waals surface area contributed by atoms with Crippen LogP contribution in [0.15, 0.2) is 59.3 Å². The van der Waals surface area contributed by atoms with Gasteiger partial charge in [0.05, 0.1) is 18.3 Å². The van der Waals surface area contributed by atoms with Crippen LogP contribution in [0.3, 0.4) is 0 Å². The predicted molar refractivity (Wildman–Crippen MR) is 191 cm³/mol. The second-order valence-corrected chi connectivity index (χ2v) is 10.9. The number of nitrogens with one attached hydrogen (secondary N) is 5. The van der Waals surface area contributed by atoms with Gasteiger partial charge in [-0.05, 0) is 39.0 Å². The van der Waals surface area contributed by atoms with Gasteiger partial charge in [-0.3, -0.25) is 33.6 Å². The maximum absolute atomic E-state index is 11.5. The van der Waals surface area contributed by atoms with Gasteiger partial charge in [-0.2, -0.15) is 0 Å². The highest BCUT2D eigenvalue weighted by molar-refractivity contribution is 6.01. The van der Waals surface area contributed by atoms with E-state index in [9.17, 15) is 47.9 Å². The average molecular weight is 768 g/mol. The van der Waals surface area contributed by atoms with E-state index in [0.717, 1.165) is 24.6 Å². The van der Waals surface area contributed by atoms with Gasteiger partial charge in [-0.1, -0.05) is 18.7 Å². The second-order valence-electron chi connectivity index (χ2n) is 10.9. The summed E-state index contributed by atoms with van der Waals surface area (Å²) in [6.45, 7) is 7.58. The first-order valence-corrected chi connectivity index (χ1v) is 15.6. The van der Waals surface area contributed by atoms with Crippen molar-refractivity contribution in [3.8, 4) is 0 Å². The Morgan fingerprint density at radius 1 is 0.630 bits per heavy atom. The largest absolute Gasteiger partial charge is 0.481 e. The Balaban J connectivity index is -0.000000609. The minimum atomic E-state index is -1.13. The normalized spacial score (nSPS) is 17.6. The van der Waals surface area contributed by atoms with Gasteiger partial charge in [-0.25, -0.2) is 14.4 Å². The van der Waals surface area contributed by atoms with Crippen LogP contribution < -0.4 is 26.6 Å². The third kappa shape index (κ3) is 20.9. The summed E-state index contributed by atoms with van der Waals surface area (Å²) in [4.78, 5) is 105. The summed E-state index contributed by atoms with van der Waals surface area (Å²) < 4.78 is 0. The molecule has 0 spiro atoms. The summed E-state index contributed by atoms with van der Waals surface area (Å²) in [6.07, 6.45) is 7.00. The van der Waals surface area contributed by atoms with Gasteiger partial charge in [0.1, 0.15) is 0 Å². The van der Waals surface area contributed by atoms with Crippen LogP contribution in [-0.2, 0) is 47.9 Å². The highest BCUT2D eigenvalue weighted by atomic mass is 16.4. The van der Waals surface area contributed by atoms with Crippen molar-refractivity contribution in [1.29, 1.82) is 0 Å². The number of amides is 5. The summed E-state index contributed by atoms with van der Waals surface area (Å²) >= 11 is 0. The van der Waals surface area contributed by atoms with E-state index in [1.165, 1.54) is 49.0 Å². The smallest absolute Gasteiger partial charge is 0.331 e. The van der Waals surface area contributed by atoms with Crippen LogP contribution in [0.4, 0.5) is 0 Å². The van der Waals surface area contributed by atoms with Crippen LogP contribution in [-0.4, -0.2) is 120 Å².